The molecule has 122 valence electrons. The minimum Gasteiger partial charge on any atom is -0.339 e. The number of hydrogen-bond donors (Lipinski definition) is 0. The van der Waals surface area contributed by atoms with Crippen LogP contribution in [0.3, 0.4) is 0 Å². The first-order chi connectivity index (χ1) is 11.1. The molecular weight excluding hydrogens is 337 g/mol. The summed E-state index contributed by atoms with van der Waals surface area (Å²) in [5.41, 5.74) is 1.05. The summed E-state index contributed by atoms with van der Waals surface area (Å²) in [4.78, 5) is 20.2. The van der Waals surface area contributed by atoms with Gasteiger partial charge in [0.25, 0.3) is 0 Å². The Kier molecular flexibility index (Phi) is 5.15. The quantitative estimate of drug-likeness (QED) is 0.842. The molecule has 6 nitrogen and oxygen atoms in total. The Balaban J connectivity index is 1.51. The molecule has 0 unspecified atom stereocenters. The largest absolute Gasteiger partial charge is 0.339 e. The lowest BCUT2D eigenvalue weighted by atomic mass is 10.2. The van der Waals surface area contributed by atoms with E-state index in [9.17, 15) is 4.79 Å². The number of carbonyl (C=O) groups is 1. The van der Waals surface area contributed by atoms with Gasteiger partial charge in [-0.3, -0.25) is 9.69 Å². The summed E-state index contributed by atoms with van der Waals surface area (Å²) in [7, 11) is 0. The van der Waals surface area contributed by atoms with Gasteiger partial charge in [0.1, 0.15) is 19.2 Å². The van der Waals surface area contributed by atoms with Crippen molar-refractivity contribution in [2.45, 2.75) is 13.1 Å². The number of rotatable bonds is 4. The zero-order valence-corrected chi connectivity index (χ0v) is 14.0. The molecule has 0 radical (unpaired) electrons. The summed E-state index contributed by atoms with van der Waals surface area (Å²) in [6, 6.07) is 5.56. The Hall–Kier alpha value is -1.63. The van der Waals surface area contributed by atoms with E-state index in [1.807, 2.05) is 17.0 Å². The van der Waals surface area contributed by atoms with Gasteiger partial charge in [0.05, 0.1) is 0 Å². The van der Waals surface area contributed by atoms with Crippen LogP contribution in [0.5, 0.6) is 0 Å². The van der Waals surface area contributed by atoms with E-state index in [-0.39, 0.29) is 12.5 Å². The molecule has 0 spiro atoms. The number of benzene rings is 1. The van der Waals surface area contributed by atoms with E-state index in [1.165, 1.54) is 6.33 Å². The van der Waals surface area contributed by atoms with Gasteiger partial charge in [0, 0.05) is 42.8 Å². The third-order valence-corrected chi connectivity index (χ3v) is 4.48. The molecule has 2 heterocycles. The third kappa shape index (κ3) is 4.22. The number of aromatic nitrogens is 3. The number of piperazine rings is 1. The molecule has 3 rings (SSSR count). The third-order valence-electron chi connectivity index (χ3n) is 3.90. The van der Waals surface area contributed by atoms with Gasteiger partial charge in [-0.1, -0.05) is 29.3 Å². The van der Waals surface area contributed by atoms with E-state index < -0.39 is 0 Å². The van der Waals surface area contributed by atoms with Crippen molar-refractivity contribution in [1.29, 1.82) is 0 Å². The number of amides is 1. The average molecular weight is 354 g/mol. The van der Waals surface area contributed by atoms with Gasteiger partial charge >= 0.3 is 0 Å². The van der Waals surface area contributed by atoms with E-state index in [2.05, 4.69) is 15.0 Å². The highest BCUT2D eigenvalue weighted by molar-refractivity contribution is 6.35. The van der Waals surface area contributed by atoms with Gasteiger partial charge in [-0.05, 0) is 17.7 Å². The molecule has 2 aromatic rings. The molecule has 23 heavy (non-hydrogen) atoms. The first-order valence-corrected chi connectivity index (χ1v) is 8.14. The molecule has 0 bridgehead atoms. The fraction of sp³-hybridized carbons (Fsp3) is 0.400. The molecule has 1 fully saturated rings. The number of halogens is 2. The Morgan fingerprint density at radius 3 is 2.61 bits per heavy atom. The molecule has 1 aliphatic heterocycles. The predicted octanol–water partition coefficient (Wildman–Crippen LogP) is 1.93. The average Bonchev–Trinajstić information content (AvgIpc) is 3.04. The summed E-state index contributed by atoms with van der Waals surface area (Å²) in [5.74, 6) is 0.0691. The highest BCUT2D eigenvalue weighted by atomic mass is 35.5. The second-order valence-electron chi connectivity index (χ2n) is 5.49. The summed E-state index contributed by atoms with van der Waals surface area (Å²) < 4.78 is 1.54. The van der Waals surface area contributed by atoms with Gasteiger partial charge in [0.2, 0.25) is 5.91 Å². The molecule has 1 aromatic heterocycles. The number of carbonyl (C=O) groups excluding carboxylic acids is 1. The van der Waals surface area contributed by atoms with E-state index in [0.717, 1.165) is 25.2 Å². The molecule has 1 aromatic carbocycles. The summed E-state index contributed by atoms with van der Waals surface area (Å²) in [6.07, 6.45) is 2.98. The van der Waals surface area contributed by atoms with Crippen LogP contribution in [0.2, 0.25) is 10.0 Å². The van der Waals surface area contributed by atoms with Gasteiger partial charge in [-0.15, -0.1) is 0 Å². The van der Waals surface area contributed by atoms with E-state index in [4.69, 9.17) is 23.2 Å². The molecular formula is C15H17Cl2N5O. The van der Waals surface area contributed by atoms with Crippen LogP contribution >= 0.6 is 23.2 Å². The topological polar surface area (TPSA) is 54.3 Å². The Morgan fingerprint density at radius 2 is 1.96 bits per heavy atom. The van der Waals surface area contributed by atoms with E-state index in [0.29, 0.717) is 23.1 Å². The normalized spacial score (nSPS) is 15.8. The summed E-state index contributed by atoms with van der Waals surface area (Å²) in [6.45, 7) is 4.06. The molecule has 0 N–H and O–H groups in total. The maximum absolute atomic E-state index is 12.2. The number of hydrogen-bond acceptors (Lipinski definition) is 4. The first-order valence-electron chi connectivity index (χ1n) is 7.38. The summed E-state index contributed by atoms with van der Waals surface area (Å²) in [5, 5.41) is 5.28. The lowest BCUT2D eigenvalue weighted by Crippen LogP contribution is -2.49. The van der Waals surface area contributed by atoms with Crippen LogP contribution in [-0.2, 0) is 17.9 Å². The van der Waals surface area contributed by atoms with Crippen LogP contribution in [0.4, 0.5) is 0 Å². The smallest absolute Gasteiger partial charge is 0.244 e. The van der Waals surface area contributed by atoms with Gasteiger partial charge in [-0.2, -0.15) is 5.10 Å². The minimum absolute atomic E-state index is 0.0691. The second-order valence-corrected chi connectivity index (χ2v) is 6.33. The fourth-order valence-corrected chi connectivity index (χ4v) is 3.07. The van der Waals surface area contributed by atoms with Crippen LogP contribution in [0.25, 0.3) is 0 Å². The van der Waals surface area contributed by atoms with E-state index in [1.54, 1.807) is 17.1 Å². The van der Waals surface area contributed by atoms with Crippen molar-refractivity contribution in [2.24, 2.45) is 0 Å². The summed E-state index contributed by atoms with van der Waals surface area (Å²) >= 11 is 12.1. The minimum atomic E-state index is 0.0691. The van der Waals surface area contributed by atoms with Crippen molar-refractivity contribution in [3.05, 3.63) is 46.5 Å². The zero-order chi connectivity index (χ0) is 16.2. The molecule has 0 atom stereocenters. The highest BCUT2D eigenvalue weighted by Gasteiger charge is 2.21. The molecule has 0 aliphatic carbocycles. The van der Waals surface area contributed by atoms with Crippen molar-refractivity contribution >= 4 is 29.1 Å². The van der Waals surface area contributed by atoms with Crippen molar-refractivity contribution in [3.8, 4) is 0 Å². The molecule has 8 heteroatoms. The monoisotopic (exact) mass is 353 g/mol. The first kappa shape index (κ1) is 16.2. The Morgan fingerprint density at radius 1 is 1.17 bits per heavy atom. The van der Waals surface area contributed by atoms with Gasteiger partial charge < -0.3 is 4.90 Å². The predicted molar refractivity (Wildman–Crippen MR) is 88.3 cm³/mol. The standard InChI is InChI=1S/C15H17Cl2N5O/c16-13-2-1-12(14(17)7-13)8-20-3-5-21(6-4-20)15(23)9-22-11-18-10-19-22/h1-2,7,10-11H,3-6,8-9H2. The van der Waals surface area contributed by atoms with E-state index >= 15 is 0 Å². The van der Waals surface area contributed by atoms with Crippen molar-refractivity contribution in [2.75, 3.05) is 26.2 Å². The van der Waals surface area contributed by atoms with Gasteiger partial charge in [0.15, 0.2) is 0 Å². The Labute approximate surface area is 144 Å². The molecule has 1 aliphatic rings. The van der Waals surface area contributed by atoms with Crippen molar-refractivity contribution in [3.63, 3.8) is 0 Å². The molecule has 0 saturated carbocycles. The molecule has 1 saturated heterocycles. The lowest BCUT2D eigenvalue weighted by Gasteiger charge is -2.34. The van der Waals surface area contributed by atoms with Crippen LogP contribution in [0.15, 0.2) is 30.9 Å². The maximum Gasteiger partial charge on any atom is 0.244 e. The van der Waals surface area contributed by atoms with Crippen molar-refractivity contribution < 1.29 is 4.79 Å². The molecule has 1 amide bonds. The maximum atomic E-state index is 12.2. The van der Waals surface area contributed by atoms with Crippen LogP contribution in [0.1, 0.15) is 5.56 Å². The fourth-order valence-electron chi connectivity index (χ4n) is 2.60. The van der Waals surface area contributed by atoms with Crippen LogP contribution in [-0.4, -0.2) is 56.7 Å². The van der Waals surface area contributed by atoms with Crippen LogP contribution in [0, 0.1) is 0 Å². The van der Waals surface area contributed by atoms with Crippen molar-refractivity contribution in [1.82, 2.24) is 24.6 Å². The van der Waals surface area contributed by atoms with Gasteiger partial charge in [-0.25, -0.2) is 9.67 Å². The second kappa shape index (κ2) is 7.29. The zero-order valence-electron chi connectivity index (χ0n) is 12.5. The number of nitrogens with zero attached hydrogens (tertiary/aromatic N) is 5. The Bertz CT molecular complexity index is 669. The lowest BCUT2D eigenvalue weighted by molar-refractivity contribution is -0.133. The highest BCUT2D eigenvalue weighted by Crippen LogP contribution is 2.22. The van der Waals surface area contributed by atoms with Crippen LogP contribution < -0.4 is 0 Å². The SMILES string of the molecule is O=C(Cn1cncn1)N1CCN(Cc2ccc(Cl)cc2Cl)CC1.